The Labute approximate surface area is 165 Å². The Bertz CT molecular complexity index is 1180. The van der Waals surface area contributed by atoms with E-state index in [2.05, 4.69) is 20.3 Å². The van der Waals surface area contributed by atoms with E-state index >= 15 is 0 Å². The lowest BCUT2D eigenvalue weighted by Crippen LogP contribution is -2.22. The number of nitrogens with one attached hydrogen (secondary N) is 2. The van der Waals surface area contributed by atoms with Gasteiger partial charge in [0.25, 0.3) is 11.5 Å². The number of H-pyrrole nitrogens is 1. The molecule has 140 valence electrons. The molecule has 6 nitrogen and oxygen atoms in total. The summed E-state index contributed by atoms with van der Waals surface area (Å²) in [5.41, 5.74) is 2.42. The average Bonchev–Trinajstić information content (AvgIpc) is 3.04. The van der Waals surface area contributed by atoms with Gasteiger partial charge in [0, 0.05) is 25.4 Å². The summed E-state index contributed by atoms with van der Waals surface area (Å²) in [5, 5.41) is 3.36. The van der Waals surface area contributed by atoms with Crippen molar-refractivity contribution < 1.29 is 4.79 Å². The van der Waals surface area contributed by atoms with Gasteiger partial charge in [0.05, 0.1) is 10.3 Å². The van der Waals surface area contributed by atoms with Crippen molar-refractivity contribution >= 4 is 27.5 Å². The number of aryl methyl sites for hydroxylation is 1. The van der Waals surface area contributed by atoms with Gasteiger partial charge in [0.2, 0.25) is 0 Å². The van der Waals surface area contributed by atoms with Crippen LogP contribution in [0, 0.1) is 6.92 Å². The Morgan fingerprint density at radius 1 is 1.14 bits per heavy atom. The number of nitrogens with zero attached hydrogens (tertiary/aromatic N) is 2. The number of rotatable bonds is 5. The van der Waals surface area contributed by atoms with Crippen LogP contribution in [-0.2, 0) is 13.0 Å². The van der Waals surface area contributed by atoms with Crippen LogP contribution in [0.3, 0.4) is 0 Å². The summed E-state index contributed by atoms with van der Waals surface area (Å²) in [7, 11) is 0. The van der Waals surface area contributed by atoms with Gasteiger partial charge >= 0.3 is 0 Å². The fourth-order valence-electron chi connectivity index (χ4n) is 3.04. The highest BCUT2D eigenvalue weighted by Crippen LogP contribution is 2.27. The van der Waals surface area contributed by atoms with Crippen molar-refractivity contribution in [1.29, 1.82) is 0 Å². The van der Waals surface area contributed by atoms with Crippen LogP contribution in [0.1, 0.15) is 32.2 Å². The third-order valence-corrected chi connectivity index (χ3v) is 5.63. The molecule has 0 aliphatic rings. The maximum atomic E-state index is 12.6. The lowest BCUT2D eigenvalue weighted by molar-refractivity contribution is 0.0954. The minimum atomic E-state index is -0.214. The number of hydrogen-bond acceptors (Lipinski definition) is 5. The molecule has 0 unspecified atom stereocenters. The van der Waals surface area contributed by atoms with Gasteiger partial charge in [0.15, 0.2) is 0 Å². The highest BCUT2D eigenvalue weighted by Gasteiger charge is 2.19. The van der Waals surface area contributed by atoms with E-state index in [1.165, 1.54) is 11.3 Å². The molecule has 7 heteroatoms. The molecule has 0 saturated heterocycles. The summed E-state index contributed by atoms with van der Waals surface area (Å²) in [6.45, 7) is 2.16. The molecule has 4 rings (SSSR count). The first-order valence-corrected chi connectivity index (χ1v) is 9.67. The monoisotopic (exact) mass is 390 g/mol. The van der Waals surface area contributed by atoms with Crippen LogP contribution in [0.2, 0.25) is 0 Å². The molecule has 0 aliphatic carbocycles. The van der Waals surface area contributed by atoms with E-state index in [-0.39, 0.29) is 11.5 Å². The third kappa shape index (κ3) is 3.70. The fraction of sp³-hybridized carbons (Fsp3) is 0.143. The molecule has 28 heavy (non-hydrogen) atoms. The molecule has 0 aliphatic heterocycles. The molecular weight excluding hydrogens is 372 g/mol. The Hall–Kier alpha value is -3.32. The number of aromatic nitrogens is 3. The number of pyridine rings is 1. The summed E-state index contributed by atoms with van der Waals surface area (Å²) < 4.78 is 0. The van der Waals surface area contributed by atoms with Gasteiger partial charge in [-0.1, -0.05) is 36.4 Å². The van der Waals surface area contributed by atoms with Crippen LogP contribution in [0.5, 0.6) is 0 Å². The Morgan fingerprint density at radius 2 is 1.93 bits per heavy atom. The van der Waals surface area contributed by atoms with Crippen molar-refractivity contribution in [2.45, 2.75) is 19.9 Å². The zero-order valence-corrected chi connectivity index (χ0v) is 16.0. The first-order chi connectivity index (χ1) is 13.6. The van der Waals surface area contributed by atoms with Crippen molar-refractivity contribution in [3.8, 4) is 0 Å². The molecule has 1 aromatic carbocycles. The second-order valence-corrected chi connectivity index (χ2v) is 7.45. The van der Waals surface area contributed by atoms with E-state index in [1.54, 1.807) is 19.3 Å². The van der Waals surface area contributed by atoms with E-state index in [0.717, 1.165) is 11.1 Å². The Balaban J connectivity index is 1.61. The van der Waals surface area contributed by atoms with Crippen LogP contribution in [0.25, 0.3) is 10.2 Å². The molecule has 0 bridgehead atoms. The van der Waals surface area contributed by atoms with Gasteiger partial charge in [-0.15, -0.1) is 11.3 Å². The van der Waals surface area contributed by atoms with Crippen molar-refractivity contribution in [3.63, 3.8) is 0 Å². The minimum Gasteiger partial charge on any atom is -0.347 e. The maximum Gasteiger partial charge on any atom is 0.261 e. The summed E-state index contributed by atoms with van der Waals surface area (Å²) >= 11 is 1.25. The number of thiophene rings is 1. The van der Waals surface area contributed by atoms with Gasteiger partial charge < -0.3 is 10.3 Å². The number of aromatic amines is 1. The molecule has 1 amide bonds. The van der Waals surface area contributed by atoms with Crippen LogP contribution < -0.4 is 10.9 Å². The van der Waals surface area contributed by atoms with Crippen molar-refractivity contribution in [3.05, 3.63) is 92.6 Å². The molecule has 0 atom stereocenters. The van der Waals surface area contributed by atoms with E-state index in [4.69, 9.17) is 0 Å². The number of amides is 1. The molecule has 0 radical (unpaired) electrons. The zero-order chi connectivity index (χ0) is 19.5. The van der Waals surface area contributed by atoms with Crippen LogP contribution in [0.4, 0.5) is 0 Å². The largest absolute Gasteiger partial charge is 0.347 e. The molecule has 4 aromatic rings. The van der Waals surface area contributed by atoms with Crippen molar-refractivity contribution in [2.75, 3.05) is 0 Å². The lowest BCUT2D eigenvalue weighted by atomic mass is 10.1. The van der Waals surface area contributed by atoms with Gasteiger partial charge in [-0.05, 0) is 29.7 Å². The summed E-state index contributed by atoms with van der Waals surface area (Å²) in [5.74, 6) is 0.376. The van der Waals surface area contributed by atoms with Crippen molar-refractivity contribution in [2.24, 2.45) is 0 Å². The standard InChI is InChI=1S/C21H18N4O2S/c1-13-17-19(26)24-16(10-14-6-3-2-4-7-14)25-21(17)28-18(13)20(27)23-12-15-8-5-9-22-11-15/h2-9,11H,10,12H2,1H3,(H,23,27)(H,24,25,26). The first-order valence-electron chi connectivity index (χ1n) is 8.85. The summed E-state index contributed by atoms with van der Waals surface area (Å²) in [4.78, 5) is 37.8. The highest BCUT2D eigenvalue weighted by atomic mass is 32.1. The molecule has 0 saturated carbocycles. The second-order valence-electron chi connectivity index (χ2n) is 6.46. The van der Waals surface area contributed by atoms with Gasteiger partial charge in [-0.3, -0.25) is 14.6 Å². The van der Waals surface area contributed by atoms with Crippen LogP contribution >= 0.6 is 11.3 Å². The number of hydrogen-bond donors (Lipinski definition) is 2. The molecule has 3 aromatic heterocycles. The fourth-order valence-corrected chi connectivity index (χ4v) is 4.16. The second kappa shape index (κ2) is 7.74. The smallest absolute Gasteiger partial charge is 0.261 e. The SMILES string of the molecule is Cc1c(C(=O)NCc2cccnc2)sc2nc(Cc3ccccc3)[nH]c(=O)c12. The minimum absolute atomic E-state index is 0.212. The van der Waals surface area contributed by atoms with E-state index in [0.29, 0.717) is 39.4 Å². The topological polar surface area (TPSA) is 87.7 Å². The van der Waals surface area contributed by atoms with E-state index < -0.39 is 0 Å². The normalized spacial score (nSPS) is 10.9. The molecular formula is C21H18N4O2S. The predicted octanol–water partition coefficient (Wildman–Crippen LogP) is 3.21. The average molecular weight is 390 g/mol. The Morgan fingerprint density at radius 3 is 2.68 bits per heavy atom. The summed E-state index contributed by atoms with van der Waals surface area (Å²) in [6, 6.07) is 13.5. The molecule has 0 spiro atoms. The lowest BCUT2D eigenvalue weighted by Gasteiger charge is -2.04. The van der Waals surface area contributed by atoms with E-state index in [1.807, 2.05) is 42.5 Å². The zero-order valence-electron chi connectivity index (χ0n) is 15.2. The Kier molecular flexibility index (Phi) is 4.99. The number of carbonyl (C=O) groups excluding carboxylic acids is 1. The quantitative estimate of drug-likeness (QED) is 0.548. The number of fused-ring (bicyclic) bond motifs is 1. The molecule has 3 heterocycles. The predicted molar refractivity (Wildman–Crippen MR) is 110 cm³/mol. The van der Waals surface area contributed by atoms with Crippen LogP contribution in [0.15, 0.2) is 59.7 Å². The van der Waals surface area contributed by atoms with E-state index in [9.17, 15) is 9.59 Å². The summed E-state index contributed by atoms with van der Waals surface area (Å²) in [6.07, 6.45) is 3.93. The third-order valence-electron chi connectivity index (χ3n) is 4.45. The van der Waals surface area contributed by atoms with Gasteiger partial charge in [-0.25, -0.2) is 4.98 Å². The van der Waals surface area contributed by atoms with Crippen molar-refractivity contribution in [1.82, 2.24) is 20.3 Å². The van der Waals surface area contributed by atoms with Gasteiger partial charge in [0.1, 0.15) is 10.7 Å². The van der Waals surface area contributed by atoms with Crippen LogP contribution in [-0.4, -0.2) is 20.9 Å². The highest BCUT2D eigenvalue weighted by molar-refractivity contribution is 7.20. The first kappa shape index (κ1) is 18.1. The number of carbonyl (C=O) groups is 1. The molecule has 0 fully saturated rings. The maximum absolute atomic E-state index is 12.6. The molecule has 2 N–H and O–H groups in total. The number of benzene rings is 1. The van der Waals surface area contributed by atoms with Gasteiger partial charge in [-0.2, -0.15) is 0 Å².